The van der Waals surface area contributed by atoms with E-state index in [0.29, 0.717) is 18.1 Å². The van der Waals surface area contributed by atoms with Crippen molar-refractivity contribution >= 4 is 29.9 Å². The minimum Gasteiger partial charge on any atom is -0.379 e. The lowest BCUT2D eigenvalue weighted by Crippen LogP contribution is -2.54. The molecule has 0 spiro atoms. The molecular formula is C19H38IN5O. The van der Waals surface area contributed by atoms with Gasteiger partial charge < -0.3 is 15.4 Å². The highest BCUT2D eigenvalue weighted by atomic mass is 127. The van der Waals surface area contributed by atoms with Crippen LogP contribution in [0.25, 0.3) is 0 Å². The highest BCUT2D eigenvalue weighted by Gasteiger charge is 2.30. The van der Waals surface area contributed by atoms with Crippen LogP contribution in [-0.2, 0) is 4.74 Å². The van der Waals surface area contributed by atoms with Crippen LogP contribution in [0.1, 0.15) is 46.0 Å². The molecule has 0 amide bonds. The van der Waals surface area contributed by atoms with Gasteiger partial charge in [0.05, 0.1) is 13.2 Å². The van der Waals surface area contributed by atoms with Crippen molar-refractivity contribution in [1.29, 1.82) is 0 Å². The SMILES string of the molecule is CN=C(NCC(C)N1CCOCC1C)NC1CCN(C2CCCC2)C1.I. The van der Waals surface area contributed by atoms with Crippen LogP contribution < -0.4 is 10.6 Å². The minimum absolute atomic E-state index is 0. The van der Waals surface area contributed by atoms with E-state index in [1.807, 2.05) is 7.05 Å². The Morgan fingerprint density at radius 3 is 2.69 bits per heavy atom. The summed E-state index contributed by atoms with van der Waals surface area (Å²) in [6, 6.07) is 2.35. The third-order valence-electron chi connectivity index (χ3n) is 6.18. The summed E-state index contributed by atoms with van der Waals surface area (Å²) in [6.07, 6.45) is 6.86. The standard InChI is InChI=1S/C19H37N5O.HI/c1-15(24-10-11-25-14-16(24)2)12-21-19(20-3)22-17-8-9-23(13-17)18-6-4-5-7-18;/h15-18H,4-14H2,1-3H3,(H2,20,21,22);1H. The summed E-state index contributed by atoms with van der Waals surface area (Å²) in [7, 11) is 1.88. The van der Waals surface area contributed by atoms with Gasteiger partial charge in [0, 0.05) is 57.4 Å². The average molecular weight is 479 g/mol. The van der Waals surface area contributed by atoms with Crippen molar-refractivity contribution in [2.24, 2.45) is 4.99 Å². The molecule has 1 saturated carbocycles. The number of ether oxygens (including phenoxy) is 1. The molecule has 2 heterocycles. The Balaban J connectivity index is 0.00000243. The van der Waals surface area contributed by atoms with Crippen molar-refractivity contribution in [3.8, 4) is 0 Å². The Morgan fingerprint density at radius 2 is 2.00 bits per heavy atom. The molecule has 0 aromatic carbocycles. The lowest BCUT2D eigenvalue weighted by molar-refractivity contribution is -0.0174. The highest BCUT2D eigenvalue weighted by Crippen LogP contribution is 2.26. The second-order valence-corrected chi connectivity index (χ2v) is 8.03. The number of nitrogens with zero attached hydrogens (tertiary/aromatic N) is 3. The first kappa shape index (κ1) is 22.2. The van der Waals surface area contributed by atoms with Crippen LogP contribution in [0.5, 0.6) is 0 Å². The number of hydrogen-bond donors (Lipinski definition) is 2. The molecule has 3 fully saturated rings. The van der Waals surface area contributed by atoms with E-state index in [1.165, 1.54) is 45.2 Å². The van der Waals surface area contributed by atoms with Crippen LogP contribution in [0.3, 0.4) is 0 Å². The number of hydrogen-bond acceptors (Lipinski definition) is 4. The Hall–Kier alpha value is -0.120. The maximum absolute atomic E-state index is 5.55. The van der Waals surface area contributed by atoms with Gasteiger partial charge in [0.1, 0.15) is 0 Å². The number of halogens is 1. The maximum Gasteiger partial charge on any atom is 0.191 e. The van der Waals surface area contributed by atoms with E-state index in [1.54, 1.807) is 0 Å². The van der Waals surface area contributed by atoms with E-state index in [2.05, 4.69) is 39.3 Å². The zero-order valence-corrected chi connectivity index (χ0v) is 19.1. The Morgan fingerprint density at radius 1 is 1.23 bits per heavy atom. The third kappa shape index (κ3) is 5.94. The van der Waals surface area contributed by atoms with Crippen molar-refractivity contribution in [3.05, 3.63) is 0 Å². The van der Waals surface area contributed by atoms with Gasteiger partial charge in [-0.05, 0) is 33.1 Å². The van der Waals surface area contributed by atoms with Gasteiger partial charge >= 0.3 is 0 Å². The molecule has 26 heavy (non-hydrogen) atoms. The predicted octanol–water partition coefficient (Wildman–Crippen LogP) is 1.90. The first-order valence-corrected chi connectivity index (χ1v) is 10.2. The molecule has 0 radical (unpaired) electrons. The molecule has 3 atom stereocenters. The average Bonchev–Trinajstić information content (AvgIpc) is 3.30. The summed E-state index contributed by atoms with van der Waals surface area (Å²) in [4.78, 5) is 9.66. The molecule has 3 rings (SSSR count). The van der Waals surface area contributed by atoms with Gasteiger partial charge in [-0.15, -0.1) is 24.0 Å². The summed E-state index contributed by atoms with van der Waals surface area (Å²) >= 11 is 0. The summed E-state index contributed by atoms with van der Waals surface area (Å²) < 4.78 is 5.55. The smallest absolute Gasteiger partial charge is 0.191 e. The van der Waals surface area contributed by atoms with Crippen molar-refractivity contribution in [2.45, 2.75) is 70.1 Å². The molecule has 152 valence electrons. The van der Waals surface area contributed by atoms with Crippen molar-refractivity contribution in [1.82, 2.24) is 20.4 Å². The first-order chi connectivity index (χ1) is 12.2. The van der Waals surface area contributed by atoms with Gasteiger partial charge in [0.25, 0.3) is 0 Å². The number of aliphatic imine (C=N–C) groups is 1. The molecule has 0 aromatic rings. The number of rotatable bonds is 5. The van der Waals surface area contributed by atoms with Gasteiger partial charge in [-0.2, -0.15) is 0 Å². The summed E-state index contributed by atoms with van der Waals surface area (Å²) in [6.45, 7) is 10.6. The normalized spacial score (nSPS) is 30.2. The number of nitrogens with one attached hydrogen (secondary N) is 2. The zero-order chi connectivity index (χ0) is 17.6. The van der Waals surface area contributed by atoms with E-state index in [0.717, 1.165) is 38.3 Å². The van der Waals surface area contributed by atoms with E-state index >= 15 is 0 Å². The summed E-state index contributed by atoms with van der Waals surface area (Å²) in [5.74, 6) is 0.950. The molecule has 7 heteroatoms. The van der Waals surface area contributed by atoms with Crippen molar-refractivity contribution in [2.75, 3.05) is 46.4 Å². The second kappa shape index (κ2) is 11.0. The fourth-order valence-electron chi connectivity index (χ4n) is 4.65. The first-order valence-electron chi connectivity index (χ1n) is 10.2. The van der Waals surface area contributed by atoms with Crippen LogP contribution in [0, 0.1) is 0 Å². The maximum atomic E-state index is 5.55. The second-order valence-electron chi connectivity index (χ2n) is 8.03. The molecule has 2 aliphatic heterocycles. The molecule has 1 aliphatic carbocycles. The topological polar surface area (TPSA) is 52.1 Å². The summed E-state index contributed by atoms with van der Waals surface area (Å²) in [5.41, 5.74) is 0. The zero-order valence-electron chi connectivity index (χ0n) is 16.7. The minimum atomic E-state index is 0. The van der Waals surface area contributed by atoms with Crippen LogP contribution in [0.4, 0.5) is 0 Å². The molecule has 3 aliphatic rings. The van der Waals surface area contributed by atoms with E-state index < -0.39 is 0 Å². The van der Waals surface area contributed by atoms with Gasteiger partial charge in [-0.3, -0.25) is 14.8 Å². The monoisotopic (exact) mass is 479 g/mol. The lowest BCUT2D eigenvalue weighted by Gasteiger charge is -2.38. The fourth-order valence-corrected chi connectivity index (χ4v) is 4.65. The van der Waals surface area contributed by atoms with Crippen LogP contribution in [0.2, 0.25) is 0 Å². The Bertz CT molecular complexity index is 444. The molecular weight excluding hydrogens is 441 g/mol. The van der Waals surface area contributed by atoms with Gasteiger partial charge in [0.2, 0.25) is 0 Å². The van der Waals surface area contributed by atoms with Gasteiger partial charge in [-0.1, -0.05) is 12.8 Å². The highest BCUT2D eigenvalue weighted by molar-refractivity contribution is 14.0. The molecule has 2 saturated heterocycles. The largest absolute Gasteiger partial charge is 0.379 e. The predicted molar refractivity (Wildman–Crippen MR) is 119 cm³/mol. The lowest BCUT2D eigenvalue weighted by atomic mass is 10.2. The van der Waals surface area contributed by atoms with Crippen molar-refractivity contribution < 1.29 is 4.74 Å². The number of guanidine groups is 1. The quantitative estimate of drug-likeness (QED) is 0.359. The van der Waals surface area contributed by atoms with E-state index in [4.69, 9.17) is 4.74 Å². The van der Waals surface area contributed by atoms with Crippen LogP contribution in [0.15, 0.2) is 4.99 Å². The molecule has 6 nitrogen and oxygen atoms in total. The molecule has 3 unspecified atom stereocenters. The van der Waals surface area contributed by atoms with E-state index in [-0.39, 0.29) is 24.0 Å². The van der Waals surface area contributed by atoms with Crippen LogP contribution in [-0.4, -0.2) is 86.4 Å². The Kier molecular flexibility index (Phi) is 9.40. The number of likely N-dealkylation sites (tertiary alicyclic amines) is 1. The van der Waals surface area contributed by atoms with Crippen molar-refractivity contribution in [3.63, 3.8) is 0 Å². The van der Waals surface area contributed by atoms with Crippen LogP contribution >= 0.6 is 24.0 Å². The molecule has 0 bridgehead atoms. The fraction of sp³-hybridized carbons (Fsp3) is 0.947. The van der Waals surface area contributed by atoms with E-state index in [9.17, 15) is 0 Å². The van der Waals surface area contributed by atoms with Gasteiger partial charge in [0.15, 0.2) is 5.96 Å². The summed E-state index contributed by atoms with van der Waals surface area (Å²) in [5, 5.41) is 7.18. The third-order valence-corrected chi connectivity index (χ3v) is 6.18. The molecule has 0 aromatic heterocycles. The van der Waals surface area contributed by atoms with Gasteiger partial charge in [-0.25, -0.2) is 0 Å². The Labute approximate surface area is 176 Å². The molecule has 2 N–H and O–H groups in total. The number of morpholine rings is 1.